The first-order valence-electron chi connectivity index (χ1n) is 9.07. The number of rotatable bonds is 4. The molecule has 5 nitrogen and oxygen atoms in total. The van der Waals surface area contributed by atoms with Crippen LogP contribution in [0.1, 0.15) is 35.7 Å². The number of carbonyl (C=O) groups is 1. The second-order valence-electron chi connectivity index (χ2n) is 7.10. The van der Waals surface area contributed by atoms with Gasteiger partial charge in [0.15, 0.2) is 0 Å². The summed E-state index contributed by atoms with van der Waals surface area (Å²) in [5.41, 5.74) is 8.04. The Labute approximate surface area is 144 Å². The molecule has 5 heteroatoms. The number of ether oxygens (including phenoxy) is 1. The summed E-state index contributed by atoms with van der Waals surface area (Å²) in [5, 5.41) is 0. The third-order valence-corrected chi connectivity index (χ3v) is 5.17. The average molecular weight is 331 g/mol. The molecule has 2 atom stereocenters. The fourth-order valence-corrected chi connectivity index (χ4v) is 3.63. The average Bonchev–Trinajstić information content (AvgIpc) is 2.62. The molecule has 132 valence electrons. The van der Waals surface area contributed by atoms with Crippen molar-refractivity contribution in [1.82, 2.24) is 9.80 Å². The normalized spacial score (nSPS) is 23.9. The molecule has 2 aliphatic rings. The van der Waals surface area contributed by atoms with Crippen molar-refractivity contribution in [3.05, 3.63) is 35.4 Å². The molecule has 1 amide bonds. The highest BCUT2D eigenvalue weighted by Crippen LogP contribution is 2.21. The summed E-state index contributed by atoms with van der Waals surface area (Å²) in [6.07, 6.45) is 2.17. The highest BCUT2D eigenvalue weighted by molar-refractivity contribution is 5.94. The topological polar surface area (TPSA) is 58.8 Å². The molecule has 2 heterocycles. The van der Waals surface area contributed by atoms with Gasteiger partial charge in [-0.25, -0.2) is 0 Å². The van der Waals surface area contributed by atoms with Gasteiger partial charge in [-0.3, -0.25) is 9.69 Å². The number of likely N-dealkylation sites (tertiary alicyclic amines) is 1. The van der Waals surface area contributed by atoms with E-state index in [1.54, 1.807) is 0 Å². The molecule has 0 saturated carbocycles. The van der Waals surface area contributed by atoms with Gasteiger partial charge >= 0.3 is 0 Å². The maximum Gasteiger partial charge on any atom is 0.253 e. The quantitative estimate of drug-likeness (QED) is 0.913. The van der Waals surface area contributed by atoms with Gasteiger partial charge in [0, 0.05) is 44.3 Å². The van der Waals surface area contributed by atoms with E-state index in [9.17, 15) is 4.79 Å². The highest BCUT2D eigenvalue weighted by Gasteiger charge is 2.26. The predicted molar refractivity (Wildman–Crippen MR) is 94.8 cm³/mol. The minimum atomic E-state index is 0.143. The van der Waals surface area contributed by atoms with Crippen LogP contribution >= 0.6 is 0 Å². The minimum Gasteiger partial charge on any atom is -0.379 e. The zero-order valence-corrected chi connectivity index (χ0v) is 14.6. The Morgan fingerprint density at radius 2 is 2.12 bits per heavy atom. The number of hydrogen-bond donors (Lipinski definition) is 1. The molecule has 3 rings (SSSR count). The molecule has 0 unspecified atom stereocenters. The van der Waals surface area contributed by atoms with Crippen molar-refractivity contribution in [1.29, 1.82) is 0 Å². The minimum absolute atomic E-state index is 0.143. The smallest absolute Gasteiger partial charge is 0.253 e. The van der Waals surface area contributed by atoms with E-state index in [0.717, 1.165) is 64.3 Å². The molecule has 0 bridgehead atoms. The van der Waals surface area contributed by atoms with Crippen LogP contribution in [-0.4, -0.2) is 61.1 Å². The number of nitrogens with two attached hydrogens (primary N) is 1. The van der Waals surface area contributed by atoms with Gasteiger partial charge in [-0.05, 0) is 43.4 Å². The van der Waals surface area contributed by atoms with Crippen LogP contribution < -0.4 is 5.73 Å². The van der Waals surface area contributed by atoms with Crippen LogP contribution in [-0.2, 0) is 11.3 Å². The van der Waals surface area contributed by atoms with Gasteiger partial charge in [-0.15, -0.1) is 0 Å². The molecule has 0 radical (unpaired) electrons. The maximum atomic E-state index is 12.9. The third-order valence-electron chi connectivity index (χ3n) is 5.17. The predicted octanol–water partition coefficient (Wildman–Crippen LogP) is 1.72. The molecule has 2 fully saturated rings. The third kappa shape index (κ3) is 4.35. The molecule has 24 heavy (non-hydrogen) atoms. The van der Waals surface area contributed by atoms with E-state index < -0.39 is 0 Å². The standard InChI is InChI=1S/C19H29N3O2/c1-15(20)18-6-3-7-22(14-18)19(23)17-5-2-4-16(12-17)13-21-8-10-24-11-9-21/h2,4-5,12,15,18H,3,6-11,13-14,20H2,1H3/t15-,18-/m0/s1. The molecule has 0 aliphatic carbocycles. The van der Waals surface area contributed by atoms with E-state index in [1.165, 1.54) is 5.56 Å². The van der Waals surface area contributed by atoms with Crippen molar-refractivity contribution < 1.29 is 9.53 Å². The fraction of sp³-hybridized carbons (Fsp3) is 0.632. The van der Waals surface area contributed by atoms with Crippen LogP contribution in [0, 0.1) is 5.92 Å². The number of carbonyl (C=O) groups excluding carboxylic acids is 1. The van der Waals surface area contributed by atoms with E-state index >= 15 is 0 Å². The van der Waals surface area contributed by atoms with Gasteiger partial charge in [-0.1, -0.05) is 12.1 Å². The lowest BCUT2D eigenvalue weighted by Gasteiger charge is -2.34. The molecule has 0 aromatic heterocycles. The van der Waals surface area contributed by atoms with Gasteiger partial charge < -0.3 is 15.4 Å². The Kier molecular flexibility index (Phi) is 5.87. The van der Waals surface area contributed by atoms with E-state index in [2.05, 4.69) is 11.0 Å². The number of piperidine rings is 1. The molecule has 2 saturated heterocycles. The molecular weight excluding hydrogens is 302 g/mol. The first kappa shape index (κ1) is 17.4. The van der Waals surface area contributed by atoms with Crippen LogP contribution in [0.15, 0.2) is 24.3 Å². The Balaban J connectivity index is 1.65. The monoisotopic (exact) mass is 331 g/mol. The van der Waals surface area contributed by atoms with Crippen molar-refractivity contribution >= 4 is 5.91 Å². The molecule has 1 aromatic rings. The number of nitrogens with zero attached hydrogens (tertiary/aromatic N) is 2. The summed E-state index contributed by atoms with van der Waals surface area (Å²) < 4.78 is 5.40. The zero-order valence-electron chi connectivity index (χ0n) is 14.6. The molecular formula is C19H29N3O2. The van der Waals surface area contributed by atoms with Gasteiger partial charge in [0.2, 0.25) is 0 Å². The Morgan fingerprint density at radius 3 is 2.88 bits per heavy atom. The van der Waals surface area contributed by atoms with Gasteiger partial charge in [0.25, 0.3) is 5.91 Å². The summed E-state index contributed by atoms with van der Waals surface area (Å²) in [4.78, 5) is 17.2. The van der Waals surface area contributed by atoms with Gasteiger partial charge in [-0.2, -0.15) is 0 Å². The van der Waals surface area contributed by atoms with Crippen molar-refractivity contribution in [2.24, 2.45) is 11.7 Å². The molecule has 2 aliphatic heterocycles. The lowest BCUT2D eigenvalue weighted by Crippen LogP contribution is -2.45. The second-order valence-corrected chi connectivity index (χ2v) is 7.10. The van der Waals surface area contributed by atoms with Gasteiger partial charge in [0.05, 0.1) is 13.2 Å². The van der Waals surface area contributed by atoms with Crippen molar-refractivity contribution in [2.75, 3.05) is 39.4 Å². The van der Waals surface area contributed by atoms with Crippen molar-refractivity contribution in [2.45, 2.75) is 32.4 Å². The summed E-state index contributed by atoms with van der Waals surface area (Å²) in [6, 6.07) is 8.23. The number of amides is 1. The lowest BCUT2D eigenvalue weighted by atomic mass is 9.92. The van der Waals surface area contributed by atoms with Crippen LogP contribution in [0.5, 0.6) is 0 Å². The molecule has 0 spiro atoms. The van der Waals surface area contributed by atoms with Crippen molar-refractivity contribution in [3.63, 3.8) is 0 Å². The Morgan fingerprint density at radius 1 is 1.33 bits per heavy atom. The van der Waals surface area contributed by atoms with Crippen LogP contribution in [0.25, 0.3) is 0 Å². The first-order chi connectivity index (χ1) is 11.6. The number of benzene rings is 1. The van der Waals surface area contributed by atoms with E-state index in [0.29, 0.717) is 5.92 Å². The highest BCUT2D eigenvalue weighted by atomic mass is 16.5. The van der Waals surface area contributed by atoms with Crippen LogP contribution in [0.2, 0.25) is 0 Å². The second kappa shape index (κ2) is 8.10. The zero-order chi connectivity index (χ0) is 16.9. The number of morpholine rings is 1. The summed E-state index contributed by atoms with van der Waals surface area (Å²) in [7, 11) is 0. The molecule has 1 aromatic carbocycles. The summed E-state index contributed by atoms with van der Waals surface area (Å²) in [5.74, 6) is 0.559. The maximum absolute atomic E-state index is 12.9. The Bertz CT molecular complexity index is 555. The van der Waals surface area contributed by atoms with Crippen LogP contribution in [0.3, 0.4) is 0 Å². The van der Waals surface area contributed by atoms with Crippen LogP contribution in [0.4, 0.5) is 0 Å². The SMILES string of the molecule is C[C@H](N)[C@H]1CCCN(C(=O)c2cccc(CN3CCOCC3)c2)C1. The van der Waals surface area contributed by atoms with E-state index in [1.807, 2.05) is 30.0 Å². The summed E-state index contributed by atoms with van der Waals surface area (Å²) in [6.45, 7) is 8.06. The van der Waals surface area contributed by atoms with Crippen molar-refractivity contribution in [3.8, 4) is 0 Å². The molecule has 2 N–H and O–H groups in total. The first-order valence-corrected chi connectivity index (χ1v) is 9.07. The lowest BCUT2D eigenvalue weighted by molar-refractivity contribution is 0.0341. The summed E-state index contributed by atoms with van der Waals surface area (Å²) >= 11 is 0. The fourth-order valence-electron chi connectivity index (χ4n) is 3.63. The van der Waals surface area contributed by atoms with E-state index in [-0.39, 0.29) is 11.9 Å². The largest absolute Gasteiger partial charge is 0.379 e. The van der Waals surface area contributed by atoms with E-state index in [4.69, 9.17) is 10.5 Å². The van der Waals surface area contributed by atoms with Gasteiger partial charge in [0.1, 0.15) is 0 Å². The Hall–Kier alpha value is -1.43. The number of hydrogen-bond acceptors (Lipinski definition) is 4.